The monoisotopic (exact) mass is 242 g/mol. The largest absolute Gasteiger partial charge is 0.289 e. The van der Waals surface area contributed by atoms with E-state index in [0.29, 0.717) is 22.3 Å². The fourth-order valence-corrected chi connectivity index (χ4v) is 2.20. The van der Waals surface area contributed by atoms with E-state index in [-0.39, 0.29) is 11.6 Å². The second-order valence-corrected chi connectivity index (χ2v) is 4.61. The van der Waals surface area contributed by atoms with Crippen molar-refractivity contribution in [1.29, 1.82) is 0 Å². The predicted molar refractivity (Wildman–Crippen MR) is 70.5 cm³/mol. The zero-order valence-electron chi connectivity index (χ0n) is 10.8. The van der Waals surface area contributed by atoms with E-state index in [2.05, 4.69) is 0 Å². The zero-order chi connectivity index (χ0) is 13.3. The van der Waals surface area contributed by atoms with Crippen LogP contribution >= 0.6 is 0 Å². The number of ketones is 1. The molecule has 1 nitrogen and oxygen atoms in total. The molecule has 0 aromatic heterocycles. The second kappa shape index (κ2) is 4.73. The average Bonchev–Trinajstić information content (AvgIpc) is 2.27. The molecule has 0 aliphatic heterocycles. The molecule has 0 spiro atoms. The number of carbonyl (C=O) groups is 1. The van der Waals surface area contributed by atoms with E-state index in [4.69, 9.17) is 0 Å². The molecular formula is C16H15FO. The fraction of sp³-hybridized carbons (Fsp3) is 0.188. The summed E-state index contributed by atoms with van der Waals surface area (Å²) < 4.78 is 13.2. The Morgan fingerprint density at radius 3 is 2.17 bits per heavy atom. The van der Waals surface area contributed by atoms with Crippen molar-refractivity contribution < 1.29 is 9.18 Å². The van der Waals surface area contributed by atoms with Gasteiger partial charge in [-0.15, -0.1) is 0 Å². The van der Waals surface area contributed by atoms with Gasteiger partial charge < -0.3 is 0 Å². The number of halogens is 1. The molecule has 2 aromatic rings. The molecule has 0 aliphatic carbocycles. The molecule has 0 heterocycles. The summed E-state index contributed by atoms with van der Waals surface area (Å²) in [7, 11) is 0. The van der Waals surface area contributed by atoms with Crippen LogP contribution in [0.1, 0.15) is 32.6 Å². The summed E-state index contributed by atoms with van der Waals surface area (Å²) in [5.41, 5.74) is 3.64. The third-order valence-electron chi connectivity index (χ3n) is 3.00. The molecule has 0 saturated carbocycles. The van der Waals surface area contributed by atoms with Crippen LogP contribution in [0, 0.1) is 26.6 Å². The lowest BCUT2D eigenvalue weighted by atomic mass is 9.94. The highest BCUT2D eigenvalue weighted by Gasteiger charge is 2.15. The molecule has 92 valence electrons. The SMILES string of the molecule is Cc1cccc(C(=O)c2c(C)cc(F)cc2C)c1. The number of aryl methyl sites for hydroxylation is 3. The minimum absolute atomic E-state index is 0.0475. The number of hydrogen-bond acceptors (Lipinski definition) is 1. The first-order valence-corrected chi connectivity index (χ1v) is 5.87. The maximum Gasteiger partial charge on any atom is 0.193 e. The lowest BCUT2D eigenvalue weighted by molar-refractivity contribution is 0.103. The minimum atomic E-state index is -0.300. The van der Waals surface area contributed by atoms with Crippen LogP contribution in [-0.4, -0.2) is 5.78 Å². The van der Waals surface area contributed by atoms with Crippen LogP contribution in [0.2, 0.25) is 0 Å². The van der Waals surface area contributed by atoms with Gasteiger partial charge in [-0.2, -0.15) is 0 Å². The van der Waals surface area contributed by atoms with Crippen molar-refractivity contribution in [3.63, 3.8) is 0 Å². The van der Waals surface area contributed by atoms with Crippen molar-refractivity contribution in [2.24, 2.45) is 0 Å². The van der Waals surface area contributed by atoms with Gasteiger partial charge in [-0.3, -0.25) is 4.79 Å². The van der Waals surface area contributed by atoms with Crippen molar-refractivity contribution in [3.05, 3.63) is 70.0 Å². The van der Waals surface area contributed by atoms with E-state index in [1.165, 1.54) is 12.1 Å². The molecule has 0 unspecified atom stereocenters. The Balaban J connectivity index is 2.53. The minimum Gasteiger partial charge on any atom is -0.289 e. The summed E-state index contributed by atoms with van der Waals surface area (Å²) in [5.74, 6) is -0.348. The third kappa shape index (κ3) is 2.33. The van der Waals surface area contributed by atoms with Gasteiger partial charge in [-0.05, 0) is 50.1 Å². The van der Waals surface area contributed by atoms with Crippen molar-refractivity contribution >= 4 is 5.78 Å². The molecule has 0 saturated heterocycles. The van der Waals surface area contributed by atoms with Crippen molar-refractivity contribution in [3.8, 4) is 0 Å². The molecule has 2 rings (SSSR count). The van der Waals surface area contributed by atoms with E-state index < -0.39 is 0 Å². The molecule has 0 radical (unpaired) electrons. The predicted octanol–water partition coefficient (Wildman–Crippen LogP) is 3.98. The summed E-state index contributed by atoms with van der Waals surface area (Å²) in [6, 6.07) is 10.2. The van der Waals surface area contributed by atoms with E-state index >= 15 is 0 Å². The maximum absolute atomic E-state index is 13.2. The Labute approximate surface area is 106 Å². The van der Waals surface area contributed by atoms with Crippen LogP contribution in [0.15, 0.2) is 36.4 Å². The standard InChI is InChI=1S/C16H15FO/c1-10-5-4-6-13(7-10)16(18)15-11(2)8-14(17)9-12(15)3/h4-9H,1-3H3. The summed E-state index contributed by atoms with van der Waals surface area (Å²) >= 11 is 0. The molecular weight excluding hydrogens is 227 g/mol. The highest BCUT2D eigenvalue weighted by Crippen LogP contribution is 2.20. The van der Waals surface area contributed by atoms with Crippen LogP contribution in [0.3, 0.4) is 0 Å². The van der Waals surface area contributed by atoms with Gasteiger partial charge in [-0.1, -0.05) is 23.8 Å². The van der Waals surface area contributed by atoms with Crippen molar-refractivity contribution in [2.45, 2.75) is 20.8 Å². The molecule has 18 heavy (non-hydrogen) atoms. The van der Waals surface area contributed by atoms with E-state index in [1.807, 2.05) is 25.1 Å². The van der Waals surface area contributed by atoms with Crippen LogP contribution in [-0.2, 0) is 0 Å². The van der Waals surface area contributed by atoms with Crippen LogP contribution < -0.4 is 0 Å². The first kappa shape index (κ1) is 12.5. The maximum atomic E-state index is 13.2. The zero-order valence-corrected chi connectivity index (χ0v) is 10.8. The van der Waals surface area contributed by atoms with Crippen molar-refractivity contribution in [1.82, 2.24) is 0 Å². The summed E-state index contributed by atoms with van der Waals surface area (Å²) in [5, 5.41) is 0. The normalized spacial score (nSPS) is 10.4. The lowest BCUT2D eigenvalue weighted by Gasteiger charge is -2.09. The number of carbonyl (C=O) groups excluding carboxylic acids is 1. The topological polar surface area (TPSA) is 17.1 Å². The molecule has 2 aromatic carbocycles. The van der Waals surface area contributed by atoms with Gasteiger partial charge in [0.05, 0.1) is 0 Å². The molecule has 0 amide bonds. The number of benzene rings is 2. The lowest BCUT2D eigenvalue weighted by Crippen LogP contribution is -2.07. The quantitative estimate of drug-likeness (QED) is 0.728. The smallest absolute Gasteiger partial charge is 0.193 e. The average molecular weight is 242 g/mol. The first-order chi connectivity index (χ1) is 8.49. The van der Waals surface area contributed by atoms with Crippen LogP contribution in [0.25, 0.3) is 0 Å². The molecule has 0 bridgehead atoms. The highest BCUT2D eigenvalue weighted by atomic mass is 19.1. The van der Waals surface area contributed by atoms with E-state index in [9.17, 15) is 9.18 Å². The summed E-state index contributed by atoms with van der Waals surface area (Å²) in [4.78, 5) is 12.4. The second-order valence-electron chi connectivity index (χ2n) is 4.61. The van der Waals surface area contributed by atoms with Gasteiger partial charge >= 0.3 is 0 Å². The van der Waals surface area contributed by atoms with E-state index in [1.54, 1.807) is 19.9 Å². The Kier molecular flexibility index (Phi) is 3.28. The van der Waals surface area contributed by atoms with E-state index in [0.717, 1.165) is 5.56 Å². The summed E-state index contributed by atoms with van der Waals surface area (Å²) in [6.45, 7) is 5.47. The Morgan fingerprint density at radius 1 is 1.00 bits per heavy atom. The van der Waals surface area contributed by atoms with Gasteiger partial charge in [0.2, 0.25) is 0 Å². The first-order valence-electron chi connectivity index (χ1n) is 5.87. The van der Waals surface area contributed by atoms with Crippen LogP contribution in [0.5, 0.6) is 0 Å². The van der Waals surface area contributed by atoms with Gasteiger partial charge in [0.1, 0.15) is 5.82 Å². The molecule has 0 aliphatic rings. The van der Waals surface area contributed by atoms with Gasteiger partial charge in [0.15, 0.2) is 5.78 Å². The highest BCUT2D eigenvalue weighted by molar-refractivity contribution is 6.10. The fourth-order valence-electron chi connectivity index (χ4n) is 2.20. The van der Waals surface area contributed by atoms with Crippen LogP contribution in [0.4, 0.5) is 4.39 Å². The Bertz CT molecular complexity index is 591. The van der Waals surface area contributed by atoms with Gasteiger partial charge in [0, 0.05) is 11.1 Å². The number of hydrogen-bond donors (Lipinski definition) is 0. The molecule has 2 heteroatoms. The molecule has 0 fully saturated rings. The Morgan fingerprint density at radius 2 is 1.61 bits per heavy atom. The summed E-state index contributed by atoms with van der Waals surface area (Å²) in [6.07, 6.45) is 0. The number of rotatable bonds is 2. The third-order valence-corrected chi connectivity index (χ3v) is 3.00. The van der Waals surface area contributed by atoms with Gasteiger partial charge in [-0.25, -0.2) is 4.39 Å². The molecule has 0 N–H and O–H groups in total. The van der Waals surface area contributed by atoms with Gasteiger partial charge in [0.25, 0.3) is 0 Å². The van der Waals surface area contributed by atoms with Crippen molar-refractivity contribution in [2.75, 3.05) is 0 Å². The Hall–Kier alpha value is -1.96. The molecule has 0 atom stereocenters.